The van der Waals surface area contributed by atoms with E-state index in [1.165, 1.54) is 0 Å². The van der Waals surface area contributed by atoms with Gasteiger partial charge in [0.1, 0.15) is 5.69 Å². The molecule has 0 amide bonds. The van der Waals surface area contributed by atoms with E-state index < -0.39 is 10.0 Å². The first-order chi connectivity index (χ1) is 10.4. The Labute approximate surface area is 126 Å². The van der Waals surface area contributed by atoms with Crippen LogP contribution in [0.3, 0.4) is 0 Å². The van der Waals surface area contributed by atoms with Crippen molar-refractivity contribution < 1.29 is 8.42 Å². The summed E-state index contributed by atoms with van der Waals surface area (Å²) in [5.41, 5.74) is 2.17. The number of benzene rings is 2. The monoisotopic (exact) mass is 315 g/mol. The van der Waals surface area contributed by atoms with Crippen molar-refractivity contribution in [3.63, 3.8) is 0 Å². The number of aromatic amines is 1. The molecule has 6 nitrogen and oxygen atoms in total. The highest BCUT2D eigenvalue weighted by Crippen LogP contribution is 2.20. The Kier molecular flexibility index (Phi) is 3.42. The van der Waals surface area contributed by atoms with Crippen molar-refractivity contribution in [2.24, 2.45) is 0 Å². The quantitative estimate of drug-likeness (QED) is 0.773. The summed E-state index contributed by atoms with van der Waals surface area (Å²) >= 11 is 0. The number of rotatable bonds is 3. The number of hydrogen-bond donors (Lipinski definition) is 2. The molecule has 1 heterocycles. The molecule has 0 fully saturated rings. The third kappa shape index (κ3) is 2.99. The highest BCUT2D eigenvalue weighted by atomic mass is 32.2. The molecule has 0 unspecified atom stereocenters. The van der Waals surface area contributed by atoms with E-state index in [1.54, 1.807) is 36.4 Å². The molecule has 0 radical (unpaired) electrons. The summed E-state index contributed by atoms with van der Waals surface area (Å²) in [6.45, 7) is 0. The Bertz CT molecular complexity index is 1010. The van der Waals surface area contributed by atoms with Crippen molar-refractivity contribution >= 4 is 26.7 Å². The molecule has 0 atom stereocenters. The topological polar surface area (TPSA) is 91.9 Å². The molecule has 112 valence electrons. The van der Waals surface area contributed by atoms with Crippen molar-refractivity contribution in [3.8, 4) is 11.3 Å². The van der Waals surface area contributed by atoms with Crippen molar-refractivity contribution in [3.05, 3.63) is 58.9 Å². The van der Waals surface area contributed by atoms with Crippen LogP contribution in [0.4, 0.5) is 5.69 Å². The van der Waals surface area contributed by atoms with Crippen LogP contribution in [0.1, 0.15) is 0 Å². The van der Waals surface area contributed by atoms with Gasteiger partial charge >= 0.3 is 0 Å². The highest BCUT2D eigenvalue weighted by molar-refractivity contribution is 7.92. The Balaban J connectivity index is 2.13. The zero-order valence-electron chi connectivity index (χ0n) is 11.7. The largest absolute Gasteiger partial charge is 0.319 e. The van der Waals surface area contributed by atoms with Crippen LogP contribution in [0.25, 0.3) is 22.3 Å². The summed E-state index contributed by atoms with van der Waals surface area (Å²) in [4.78, 5) is 19.3. The minimum absolute atomic E-state index is 0.246. The van der Waals surface area contributed by atoms with E-state index in [9.17, 15) is 13.2 Å². The maximum absolute atomic E-state index is 12.2. The molecule has 3 rings (SSSR count). The number of fused-ring (bicyclic) bond motifs is 1. The standard InChI is InChI=1S/C15H13N3O3S/c1-22(20,21)18-11-6-4-5-10(9-11)14-15(19)17-13-8-3-2-7-12(13)16-14/h2-9,18H,1H3,(H,17,19). The summed E-state index contributed by atoms with van der Waals surface area (Å²) in [5.74, 6) is 0. The normalized spacial score (nSPS) is 11.5. The van der Waals surface area contributed by atoms with Gasteiger partial charge in [0, 0.05) is 11.3 Å². The average Bonchev–Trinajstić information content (AvgIpc) is 2.45. The predicted molar refractivity (Wildman–Crippen MR) is 86.3 cm³/mol. The van der Waals surface area contributed by atoms with Crippen molar-refractivity contribution in [2.45, 2.75) is 0 Å². The first-order valence-corrected chi connectivity index (χ1v) is 8.39. The van der Waals surface area contributed by atoms with Crippen LogP contribution >= 0.6 is 0 Å². The molecule has 0 bridgehead atoms. The average molecular weight is 315 g/mol. The van der Waals surface area contributed by atoms with Gasteiger partial charge in [0.15, 0.2) is 0 Å². The number of para-hydroxylation sites is 2. The number of anilines is 1. The molecule has 2 N–H and O–H groups in total. The number of H-pyrrole nitrogens is 1. The molecule has 0 aliphatic carbocycles. The van der Waals surface area contributed by atoms with Crippen LogP contribution in [0, 0.1) is 0 Å². The van der Waals surface area contributed by atoms with Gasteiger partial charge in [0.2, 0.25) is 10.0 Å². The lowest BCUT2D eigenvalue weighted by Gasteiger charge is -2.06. The molecule has 7 heteroatoms. The second-order valence-electron chi connectivity index (χ2n) is 4.89. The number of hydrogen-bond acceptors (Lipinski definition) is 4. The molecular weight excluding hydrogens is 302 g/mol. The first kappa shape index (κ1) is 14.3. The van der Waals surface area contributed by atoms with Crippen LogP contribution in [0.5, 0.6) is 0 Å². The zero-order chi connectivity index (χ0) is 15.7. The van der Waals surface area contributed by atoms with E-state index in [1.807, 2.05) is 12.1 Å². The molecule has 22 heavy (non-hydrogen) atoms. The minimum atomic E-state index is -3.38. The van der Waals surface area contributed by atoms with Crippen LogP contribution < -0.4 is 10.3 Å². The Morgan fingerprint density at radius 3 is 2.64 bits per heavy atom. The third-order valence-corrected chi connectivity index (χ3v) is 3.65. The second kappa shape index (κ2) is 5.27. The lowest BCUT2D eigenvalue weighted by molar-refractivity contribution is 0.607. The molecule has 0 aliphatic rings. The van der Waals surface area contributed by atoms with Crippen LogP contribution in [-0.2, 0) is 10.0 Å². The Hall–Kier alpha value is -2.67. The fraction of sp³-hybridized carbons (Fsp3) is 0.0667. The van der Waals surface area contributed by atoms with Crippen LogP contribution in [0.2, 0.25) is 0 Å². The molecule has 0 aliphatic heterocycles. The van der Waals surface area contributed by atoms with E-state index in [0.717, 1.165) is 6.26 Å². The fourth-order valence-corrected chi connectivity index (χ4v) is 2.72. The Morgan fingerprint density at radius 1 is 1.09 bits per heavy atom. The van der Waals surface area contributed by atoms with E-state index in [0.29, 0.717) is 22.3 Å². The summed E-state index contributed by atoms with van der Waals surface area (Å²) < 4.78 is 25.0. The van der Waals surface area contributed by atoms with Crippen molar-refractivity contribution in [1.82, 2.24) is 9.97 Å². The number of nitrogens with one attached hydrogen (secondary N) is 2. The number of aromatic nitrogens is 2. The summed E-state index contributed by atoms with van der Waals surface area (Å²) in [5, 5.41) is 0. The van der Waals surface area contributed by atoms with Gasteiger partial charge in [0.25, 0.3) is 5.56 Å². The smallest absolute Gasteiger partial charge is 0.274 e. The van der Waals surface area contributed by atoms with Gasteiger partial charge in [0.05, 0.1) is 17.3 Å². The first-order valence-electron chi connectivity index (χ1n) is 6.50. The van der Waals surface area contributed by atoms with Gasteiger partial charge in [-0.2, -0.15) is 0 Å². The molecule has 0 saturated heterocycles. The highest BCUT2D eigenvalue weighted by Gasteiger charge is 2.09. The molecule has 0 saturated carbocycles. The molecule has 0 spiro atoms. The Morgan fingerprint density at radius 2 is 1.86 bits per heavy atom. The summed E-state index contributed by atoms with van der Waals surface area (Å²) in [6, 6.07) is 13.8. The second-order valence-corrected chi connectivity index (χ2v) is 6.64. The molecular formula is C15H13N3O3S. The minimum Gasteiger partial charge on any atom is -0.319 e. The zero-order valence-corrected chi connectivity index (χ0v) is 12.5. The SMILES string of the molecule is CS(=O)(=O)Nc1cccc(-c2nc3ccccc3[nH]c2=O)c1. The van der Waals surface area contributed by atoms with E-state index in [-0.39, 0.29) is 11.3 Å². The number of nitrogens with zero attached hydrogens (tertiary/aromatic N) is 1. The summed E-state index contributed by atoms with van der Waals surface area (Å²) in [6.07, 6.45) is 1.07. The lowest BCUT2D eigenvalue weighted by Crippen LogP contribution is -2.12. The number of sulfonamides is 1. The van der Waals surface area contributed by atoms with Gasteiger partial charge < -0.3 is 4.98 Å². The molecule has 2 aromatic carbocycles. The van der Waals surface area contributed by atoms with Gasteiger partial charge in [-0.05, 0) is 24.3 Å². The predicted octanol–water partition coefficient (Wildman–Crippen LogP) is 1.96. The van der Waals surface area contributed by atoms with Crippen molar-refractivity contribution in [2.75, 3.05) is 11.0 Å². The van der Waals surface area contributed by atoms with Gasteiger partial charge in [-0.3, -0.25) is 9.52 Å². The van der Waals surface area contributed by atoms with Gasteiger partial charge in [-0.15, -0.1) is 0 Å². The summed E-state index contributed by atoms with van der Waals surface area (Å²) in [7, 11) is -3.38. The van der Waals surface area contributed by atoms with Gasteiger partial charge in [-0.25, -0.2) is 13.4 Å². The molecule has 1 aromatic heterocycles. The van der Waals surface area contributed by atoms with E-state index >= 15 is 0 Å². The van der Waals surface area contributed by atoms with Crippen LogP contribution in [-0.4, -0.2) is 24.6 Å². The maximum atomic E-state index is 12.2. The fourth-order valence-electron chi connectivity index (χ4n) is 2.17. The van der Waals surface area contributed by atoms with Gasteiger partial charge in [-0.1, -0.05) is 24.3 Å². The van der Waals surface area contributed by atoms with E-state index in [4.69, 9.17) is 0 Å². The maximum Gasteiger partial charge on any atom is 0.274 e. The van der Waals surface area contributed by atoms with Crippen LogP contribution in [0.15, 0.2) is 53.3 Å². The lowest BCUT2D eigenvalue weighted by atomic mass is 10.1. The molecule has 3 aromatic rings. The van der Waals surface area contributed by atoms with Crippen molar-refractivity contribution in [1.29, 1.82) is 0 Å². The third-order valence-electron chi connectivity index (χ3n) is 3.04. The van der Waals surface area contributed by atoms with E-state index in [2.05, 4.69) is 14.7 Å².